The molecule has 0 aliphatic heterocycles. The van der Waals surface area contributed by atoms with Gasteiger partial charge in [-0.25, -0.2) is 4.79 Å². The zero-order valence-electron chi connectivity index (χ0n) is 11.6. The van der Waals surface area contributed by atoms with E-state index < -0.39 is 0 Å². The summed E-state index contributed by atoms with van der Waals surface area (Å²) in [5, 5.41) is 3.25. The molecule has 6 heteroatoms. The molecule has 4 nitrogen and oxygen atoms in total. The number of pyridine rings is 1. The fourth-order valence-corrected chi connectivity index (χ4v) is 3.18. The Morgan fingerprint density at radius 3 is 2.71 bits per heavy atom. The van der Waals surface area contributed by atoms with Crippen molar-refractivity contribution in [3.63, 3.8) is 0 Å². The molecular formula is C15H14Br2N2O2. The van der Waals surface area contributed by atoms with Gasteiger partial charge in [-0.3, -0.25) is 4.98 Å². The molecule has 1 aromatic heterocycles. The molecule has 0 amide bonds. The van der Waals surface area contributed by atoms with Crippen LogP contribution in [0.4, 0.5) is 5.69 Å². The quantitative estimate of drug-likeness (QED) is 0.758. The van der Waals surface area contributed by atoms with Crippen LogP contribution in [0.25, 0.3) is 0 Å². The minimum Gasteiger partial charge on any atom is -0.465 e. The Balaban J connectivity index is 2.26. The molecule has 0 unspecified atom stereocenters. The van der Waals surface area contributed by atoms with Crippen LogP contribution in [0.5, 0.6) is 0 Å². The number of hydrogen-bond donors (Lipinski definition) is 1. The zero-order valence-corrected chi connectivity index (χ0v) is 14.8. The van der Waals surface area contributed by atoms with E-state index in [-0.39, 0.29) is 5.97 Å². The lowest BCUT2D eigenvalue weighted by atomic mass is 10.1. The Morgan fingerprint density at radius 1 is 1.33 bits per heavy atom. The van der Waals surface area contributed by atoms with Gasteiger partial charge in [-0.05, 0) is 46.6 Å². The molecule has 0 radical (unpaired) electrons. The summed E-state index contributed by atoms with van der Waals surface area (Å²) < 4.78 is 6.41. The van der Waals surface area contributed by atoms with E-state index in [0.29, 0.717) is 17.8 Å². The Bertz CT molecular complexity index is 657. The number of esters is 1. The molecule has 0 atom stereocenters. The predicted octanol–water partition coefficient (Wildman–Crippen LogP) is 4.31. The molecule has 0 aliphatic carbocycles. The number of ether oxygens (including phenoxy) is 1. The van der Waals surface area contributed by atoms with E-state index in [1.807, 2.05) is 31.3 Å². The topological polar surface area (TPSA) is 51.2 Å². The van der Waals surface area contributed by atoms with E-state index in [1.165, 1.54) is 7.11 Å². The molecule has 0 saturated heterocycles. The number of carbonyl (C=O) groups excluding carboxylic acids is 1. The molecule has 1 N–H and O–H groups in total. The Morgan fingerprint density at radius 2 is 2.10 bits per heavy atom. The molecule has 2 rings (SSSR count). The second-order valence-electron chi connectivity index (χ2n) is 4.46. The highest BCUT2D eigenvalue weighted by Gasteiger charge is 2.16. The third kappa shape index (κ3) is 4.04. The SMILES string of the molecule is COC(=O)c1cc(Br)cc(Br)c1NCc1ccc(C)nc1. The van der Waals surface area contributed by atoms with Crippen LogP contribution in [-0.4, -0.2) is 18.1 Å². The molecule has 1 heterocycles. The van der Waals surface area contributed by atoms with Crippen LogP contribution in [0.15, 0.2) is 39.4 Å². The minimum atomic E-state index is -0.387. The fraction of sp³-hybridized carbons (Fsp3) is 0.200. The van der Waals surface area contributed by atoms with Crippen LogP contribution in [0.3, 0.4) is 0 Å². The van der Waals surface area contributed by atoms with Gasteiger partial charge in [0.2, 0.25) is 0 Å². The number of nitrogens with one attached hydrogen (secondary N) is 1. The van der Waals surface area contributed by atoms with E-state index in [4.69, 9.17) is 4.74 Å². The number of halogens is 2. The first-order valence-corrected chi connectivity index (χ1v) is 7.82. The highest BCUT2D eigenvalue weighted by molar-refractivity contribution is 9.11. The molecule has 0 bridgehead atoms. The van der Waals surface area contributed by atoms with Crippen LogP contribution >= 0.6 is 31.9 Å². The summed E-state index contributed by atoms with van der Waals surface area (Å²) in [6, 6.07) is 7.56. The van der Waals surface area contributed by atoms with E-state index >= 15 is 0 Å². The third-order valence-electron chi connectivity index (χ3n) is 2.90. The summed E-state index contributed by atoms with van der Waals surface area (Å²) in [5.74, 6) is -0.387. The van der Waals surface area contributed by atoms with E-state index in [0.717, 1.165) is 20.2 Å². The van der Waals surface area contributed by atoms with Crippen LogP contribution in [0.1, 0.15) is 21.6 Å². The molecule has 110 valence electrons. The number of aryl methyl sites for hydroxylation is 1. The maximum absolute atomic E-state index is 11.9. The molecule has 2 aromatic rings. The molecule has 1 aromatic carbocycles. The van der Waals surface area contributed by atoms with Crippen molar-refractivity contribution in [3.8, 4) is 0 Å². The lowest BCUT2D eigenvalue weighted by Gasteiger charge is -2.13. The van der Waals surface area contributed by atoms with Crippen molar-refractivity contribution in [1.29, 1.82) is 0 Å². The maximum atomic E-state index is 11.9. The summed E-state index contributed by atoms with van der Waals surface area (Å²) in [6.45, 7) is 2.51. The number of nitrogens with zero attached hydrogens (tertiary/aromatic N) is 1. The van der Waals surface area contributed by atoms with Gasteiger partial charge in [0.05, 0.1) is 18.4 Å². The van der Waals surface area contributed by atoms with Gasteiger partial charge in [0, 0.05) is 27.4 Å². The van der Waals surface area contributed by atoms with Gasteiger partial charge >= 0.3 is 5.97 Å². The van der Waals surface area contributed by atoms with Crippen LogP contribution in [-0.2, 0) is 11.3 Å². The average Bonchev–Trinajstić information content (AvgIpc) is 2.46. The molecule has 0 saturated carbocycles. The van der Waals surface area contributed by atoms with Crippen molar-refractivity contribution in [3.05, 3.63) is 56.2 Å². The standard InChI is InChI=1S/C15H14Br2N2O2/c1-9-3-4-10(7-18-9)8-19-14-12(15(20)21-2)5-11(16)6-13(14)17/h3-7,19H,8H2,1-2H3. The maximum Gasteiger partial charge on any atom is 0.340 e. The summed E-state index contributed by atoms with van der Waals surface area (Å²) in [4.78, 5) is 16.1. The highest BCUT2D eigenvalue weighted by Crippen LogP contribution is 2.31. The van der Waals surface area contributed by atoms with E-state index in [2.05, 4.69) is 42.2 Å². The monoisotopic (exact) mass is 412 g/mol. The molecule has 0 fully saturated rings. The van der Waals surface area contributed by atoms with Crippen molar-refractivity contribution < 1.29 is 9.53 Å². The van der Waals surface area contributed by atoms with E-state index in [1.54, 1.807) is 6.07 Å². The second kappa shape index (κ2) is 7.04. The summed E-state index contributed by atoms with van der Waals surface area (Å²) in [7, 11) is 1.37. The summed E-state index contributed by atoms with van der Waals surface area (Å²) >= 11 is 6.84. The second-order valence-corrected chi connectivity index (χ2v) is 6.23. The minimum absolute atomic E-state index is 0.387. The largest absolute Gasteiger partial charge is 0.465 e. The first kappa shape index (κ1) is 16.0. The van der Waals surface area contributed by atoms with Crippen molar-refractivity contribution in [2.75, 3.05) is 12.4 Å². The number of anilines is 1. The van der Waals surface area contributed by atoms with Gasteiger partial charge in [0.1, 0.15) is 0 Å². The number of hydrogen-bond acceptors (Lipinski definition) is 4. The van der Waals surface area contributed by atoms with Gasteiger partial charge in [-0.1, -0.05) is 22.0 Å². The normalized spacial score (nSPS) is 10.3. The van der Waals surface area contributed by atoms with Crippen LogP contribution in [0.2, 0.25) is 0 Å². The van der Waals surface area contributed by atoms with Gasteiger partial charge in [-0.2, -0.15) is 0 Å². The zero-order chi connectivity index (χ0) is 15.4. The Labute approximate surface area is 140 Å². The molecule has 0 spiro atoms. The third-order valence-corrected chi connectivity index (χ3v) is 3.99. The van der Waals surface area contributed by atoms with Gasteiger partial charge in [-0.15, -0.1) is 0 Å². The van der Waals surface area contributed by atoms with E-state index in [9.17, 15) is 4.79 Å². The van der Waals surface area contributed by atoms with Gasteiger partial charge in [0.25, 0.3) is 0 Å². The highest BCUT2D eigenvalue weighted by atomic mass is 79.9. The lowest BCUT2D eigenvalue weighted by molar-refractivity contribution is 0.0601. The van der Waals surface area contributed by atoms with Crippen LogP contribution < -0.4 is 5.32 Å². The van der Waals surface area contributed by atoms with Crippen molar-refractivity contribution in [2.24, 2.45) is 0 Å². The number of methoxy groups -OCH3 is 1. The first-order valence-electron chi connectivity index (χ1n) is 6.24. The number of benzene rings is 1. The Kier molecular flexibility index (Phi) is 5.36. The lowest BCUT2D eigenvalue weighted by Crippen LogP contribution is -2.09. The van der Waals surface area contributed by atoms with Crippen molar-refractivity contribution in [2.45, 2.75) is 13.5 Å². The number of carbonyl (C=O) groups is 1. The fourth-order valence-electron chi connectivity index (χ4n) is 1.82. The first-order chi connectivity index (χ1) is 10.0. The van der Waals surface area contributed by atoms with Crippen LogP contribution in [0, 0.1) is 6.92 Å². The van der Waals surface area contributed by atoms with Crippen molar-refractivity contribution >= 4 is 43.5 Å². The predicted molar refractivity (Wildman–Crippen MR) is 89.5 cm³/mol. The number of aromatic nitrogens is 1. The molecule has 21 heavy (non-hydrogen) atoms. The van der Waals surface area contributed by atoms with Crippen molar-refractivity contribution in [1.82, 2.24) is 4.98 Å². The number of rotatable bonds is 4. The van der Waals surface area contributed by atoms with Gasteiger partial charge < -0.3 is 10.1 Å². The molecular weight excluding hydrogens is 400 g/mol. The summed E-state index contributed by atoms with van der Waals surface area (Å²) in [6.07, 6.45) is 1.81. The van der Waals surface area contributed by atoms with Gasteiger partial charge in [0.15, 0.2) is 0 Å². The smallest absolute Gasteiger partial charge is 0.340 e. The average molecular weight is 414 g/mol. The summed E-state index contributed by atoms with van der Waals surface area (Å²) in [5.41, 5.74) is 3.18. The molecule has 0 aliphatic rings. The Hall–Kier alpha value is -1.40.